The number of carbonyl (C=O) groups is 1. The third-order valence-electron chi connectivity index (χ3n) is 0.285. The SMILES string of the molecule is [NH2][Hf][O]C(=O)[O][Hf][NH2]. The monoisotopic (exact) mass is 452 g/mol. The number of nitrogens with two attached hydrogens (primary N) is 2. The molecule has 0 saturated carbocycles. The third kappa shape index (κ3) is 5.07. The molecule has 0 aromatic carbocycles. The Bertz CT molecular complexity index is 69.7. The molecule has 44 valence electrons. The predicted octanol–water partition coefficient (Wildman–Crippen LogP) is -1.12. The van der Waals surface area contributed by atoms with E-state index in [9.17, 15) is 4.79 Å². The van der Waals surface area contributed by atoms with E-state index in [1.54, 1.807) is 0 Å². The molecule has 0 radical (unpaired) electrons. The molecule has 0 atom stereocenters. The second-order valence-electron chi connectivity index (χ2n) is 0.690. The Hall–Kier alpha value is 0.930. The van der Waals surface area contributed by atoms with Gasteiger partial charge < -0.3 is 0 Å². The van der Waals surface area contributed by atoms with Crippen LogP contribution in [0.1, 0.15) is 0 Å². The van der Waals surface area contributed by atoms with Gasteiger partial charge in [0.15, 0.2) is 0 Å². The number of hydrogen-bond acceptors (Lipinski definition) is 5. The van der Waals surface area contributed by atoms with E-state index in [0.29, 0.717) is 0 Å². The van der Waals surface area contributed by atoms with Crippen LogP contribution in [0.15, 0.2) is 0 Å². The molecule has 0 spiro atoms. The van der Waals surface area contributed by atoms with Crippen LogP contribution in [-0.4, -0.2) is 6.16 Å². The van der Waals surface area contributed by atoms with Gasteiger partial charge in [-0.1, -0.05) is 0 Å². The number of carbonyl (C=O) groups excluding carboxylic acids is 1. The fourth-order valence-electron chi connectivity index (χ4n) is 0.117. The first-order valence-corrected chi connectivity index (χ1v) is 8.68. The molecule has 0 aliphatic rings. The molecule has 0 aliphatic heterocycles. The van der Waals surface area contributed by atoms with E-state index in [-0.39, 0.29) is 0 Å². The van der Waals surface area contributed by atoms with Gasteiger partial charge in [0.2, 0.25) is 0 Å². The normalized spacial score (nSPS) is 7.25. The summed E-state index contributed by atoms with van der Waals surface area (Å²) in [5.41, 5.74) is 0. The fraction of sp³-hybridized carbons (Fsp3) is 0. The minimum absolute atomic E-state index is 0.665. The van der Waals surface area contributed by atoms with Crippen molar-refractivity contribution in [3.8, 4) is 0 Å². The van der Waals surface area contributed by atoms with E-state index >= 15 is 0 Å². The van der Waals surface area contributed by atoms with Gasteiger partial charge in [-0.3, -0.25) is 0 Å². The molecule has 0 aromatic rings. The topological polar surface area (TPSA) is 87.6 Å². The molecule has 0 saturated heterocycles. The van der Waals surface area contributed by atoms with Crippen molar-refractivity contribution in [2.24, 2.45) is 7.44 Å². The van der Waals surface area contributed by atoms with Gasteiger partial charge in [0.05, 0.1) is 0 Å². The Balaban J connectivity index is 3.06. The van der Waals surface area contributed by atoms with Crippen molar-refractivity contribution >= 4 is 6.16 Å². The van der Waals surface area contributed by atoms with Crippen LogP contribution >= 0.6 is 0 Å². The quantitative estimate of drug-likeness (QED) is 0.523. The van der Waals surface area contributed by atoms with Crippen LogP contribution in [0, 0.1) is 0 Å². The zero-order valence-electron chi connectivity index (χ0n) is 3.88. The Labute approximate surface area is 70.8 Å². The van der Waals surface area contributed by atoms with Gasteiger partial charge in [-0.25, -0.2) is 0 Å². The summed E-state index contributed by atoms with van der Waals surface area (Å²) in [4.78, 5) is 10.1. The average Bonchev–Trinajstić information content (AvgIpc) is 1.68. The molecule has 0 unspecified atom stereocenters. The molecule has 0 heterocycles. The minimum atomic E-state index is -1.55. The fourth-order valence-corrected chi connectivity index (χ4v) is 2.18. The summed E-state index contributed by atoms with van der Waals surface area (Å²) < 4.78 is 18.7. The van der Waals surface area contributed by atoms with E-state index in [4.69, 9.17) is 7.44 Å². The maximum atomic E-state index is 10.1. The third-order valence-corrected chi connectivity index (χ3v) is 2.33. The Morgan fingerprint density at radius 2 is 1.62 bits per heavy atom. The summed E-state index contributed by atoms with van der Waals surface area (Å²) >= 11 is -3.11. The first-order chi connectivity index (χ1) is 3.81. The van der Waals surface area contributed by atoms with E-state index in [1.165, 1.54) is 0 Å². The van der Waals surface area contributed by atoms with E-state index < -0.39 is 53.4 Å². The molecule has 0 bridgehead atoms. The summed E-state index contributed by atoms with van der Waals surface area (Å²) in [6.45, 7) is 0. The van der Waals surface area contributed by atoms with Crippen LogP contribution < -0.4 is 7.44 Å². The van der Waals surface area contributed by atoms with Crippen molar-refractivity contribution in [3.05, 3.63) is 0 Å². The van der Waals surface area contributed by atoms with Crippen molar-refractivity contribution in [3.63, 3.8) is 0 Å². The molecule has 7 heteroatoms. The second-order valence-corrected chi connectivity index (χ2v) is 3.85. The summed E-state index contributed by atoms with van der Waals surface area (Å²) in [5, 5.41) is 0. The molecule has 0 aromatic heterocycles. The summed E-state index contributed by atoms with van der Waals surface area (Å²) in [6.07, 6.45) is -0.665. The standard InChI is InChI=1S/CH2O3.2Hf.2H2N/c2-1(3)4;;;;/h(H2,2,3,4);;;2*1H2/q;2*+2;2*-1/p-2. The van der Waals surface area contributed by atoms with Gasteiger partial charge in [-0.15, -0.1) is 0 Å². The van der Waals surface area contributed by atoms with Crippen molar-refractivity contribution in [1.82, 2.24) is 0 Å². The summed E-state index contributed by atoms with van der Waals surface area (Å²) in [5.74, 6) is 0. The molecule has 4 N–H and O–H groups in total. The zero-order chi connectivity index (χ0) is 6.41. The second kappa shape index (κ2) is 6.06. The van der Waals surface area contributed by atoms with Crippen LogP contribution in [0.25, 0.3) is 0 Å². The average molecular weight is 449 g/mol. The molecule has 0 amide bonds. The van der Waals surface area contributed by atoms with Gasteiger partial charge in [0.1, 0.15) is 0 Å². The Kier molecular flexibility index (Phi) is 6.76. The number of rotatable bonds is 2. The Morgan fingerprint density at radius 1 is 1.25 bits per heavy atom. The van der Waals surface area contributed by atoms with Crippen molar-refractivity contribution in [2.75, 3.05) is 0 Å². The van der Waals surface area contributed by atoms with E-state index in [0.717, 1.165) is 0 Å². The van der Waals surface area contributed by atoms with Crippen molar-refractivity contribution in [1.29, 1.82) is 0 Å². The van der Waals surface area contributed by atoms with E-state index in [1.807, 2.05) is 0 Å². The maximum absolute atomic E-state index is 10.1. The molecule has 5 nitrogen and oxygen atoms in total. The van der Waals surface area contributed by atoms with Crippen molar-refractivity contribution < 1.29 is 57.8 Å². The van der Waals surface area contributed by atoms with Crippen LogP contribution in [-0.2, 0) is 53.0 Å². The number of hydrogen-bond donors (Lipinski definition) is 2. The van der Waals surface area contributed by atoms with Gasteiger partial charge in [-0.2, -0.15) is 0 Å². The molecule has 8 heavy (non-hydrogen) atoms. The molecule has 0 rings (SSSR count). The first-order valence-electron chi connectivity index (χ1n) is 1.60. The van der Waals surface area contributed by atoms with Gasteiger partial charge in [-0.05, 0) is 0 Å². The van der Waals surface area contributed by atoms with E-state index in [2.05, 4.69) is 5.71 Å². The Morgan fingerprint density at radius 3 is 1.88 bits per heavy atom. The van der Waals surface area contributed by atoms with Crippen molar-refractivity contribution in [2.45, 2.75) is 0 Å². The van der Waals surface area contributed by atoms with Crippen LogP contribution in [0.2, 0.25) is 0 Å². The van der Waals surface area contributed by atoms with Crippen LogP contribution in [0.4, 0.5) is 4.79 Å². The first kappa shape index (κ1) is 8.93. The van der Waals surface area contributed by atoms with Crippen LogP contribution in [0.3, 0.4) is 0 Å². The zero-order valence-corrected chi connectivity index (χ0v) is 11.1. The molecular formula is CH4Hf2N2O3. The molecule has 0 fully saturated rings. The predicted molar refractivity (Wildman–Crippen MR) is 15.9 cm³/mol. The molecule has 0 aliphatic carbocycles. The van der Waals surface area contributed by atoms with Gasteiger partial charge >= 0.3 is 71.4 Å². The summed E-state index contributed by atoms with van der Waals surface area (Å²) in [6, 6.07) is 0. The molecular weight excluding hydrogens is 445 g/mol. The van der Waals surface area contributed by atoms with Gasteiger partial charge in [0, 0.05) is 0 Å². The van der Waals surface area contributed by atoms with Gasteiger partial charge in [0.25, 0.3) is 0 Å². The van der Waals surface area contributed by atoms with Crippen LogP contribution in [0.5, 0.6) is 0 Å². The summed E-state index contributed by atoms with van der Waals surface area (Å²) in [7, 11) is 0.